The fourth-order valence-corrected chi connectivity index (χ4v) is 1.98. The number of hydrogen-bond donors (Lipinski definition) is 1. The summed E-state index contributed by atoms with van der Waals surface area (Å²) >= 11 is 0. The molecule has 0 bridgehead atoms. The fourth-order valence-electron chi connectivity index (χ4n) is 1.98. The number of allylic oxidation sites excluding steroid dienone is 1. The molecule has 1 aromatic carbocycles. The zero-order valence-corrected chi connectivity index (χ0v) is 10.7. The number of phenols is 1. The minimum atomic E-state index is -0.370. The first-order valence-electron chi connectivity index (χ1n) is 6.03. The van der Waals surface area contributed by atoms with Crippen LogP contribution in [0, 0.1) is 0 Å². The van der Waals surface area contributed by atoms with E-state index in [0.717, 1.165) is 0 Å². The van der Waals surface area contributed by atoms with E-state index in [9.17, 15) is 9.90 Å². The Kier molecular flexibility index (Phi) is 3.85. The molecular weight excluding hydrogens is 246 g/mol. The number of carbonyl (C=O) groups is 1. The molecule has 0 aliphatic heterocycles. The van der Waals surface area contributed by atoms with Crippen LogP contribution in [0.3, 0.4) is 0 Å². The first kappa shape index (κ1) is 13.1. The van der Waals surface area contributed by atoms with Gasteiger partial charge in [0.25, 0.3) is 0 Å². The Labute approximate surface area is 110 Å². The molecule has 0 radical (unpaired) electrons. The molecule has 19 heavy (non-hydrogen) atoms. The smallest absolute Gasteiger partial charge is 0.312 e. The number of rotatable bonds is 5. The Hall–Kier alpha value is -2.30. The maximum absolute atomic E-state index is 11.5. The number of fused-ring (bicyclic) bond motifs is 1. The molecule has 0 saturated heterocycles. The van der Waals surface area contributed by atoms with Crippen LogP contribution in [0.4, 0.5) is 0 Å². The molecule has 5 heteroatoms. The van der Waals surface area contributed by atoms with Crippen LogP contribution in [-0.4, -0.2) is 22.8 Å². The number of carbonyl (C=O) groups excluding carboxylic acids is 1. The second-order valence-electron chi connectivity index (χ2n) is 4.04. The first-order valence-corrected chi connectivity index (χ1v) is 6.03. The van der Waals surface area contributed by atoms with Crippen molar-refractivity contribution < 1.29 is 19.2 Å². The molecule has 0 saturated carbocycles. The number of ether oxygens (including phenoxy) is 1. The van der Waals surface area contributed by atoms with Gasteiger partial charge in [-0.25, -0.2) is 0 Å². The third-order valence-corrected chi connectivity index (χ3v) is 2.76. The number of esters is 1. The summed E-state index contributed by atoms with van der Waals surface area (Å²) in [5.74, 6) is -0.230. The quantitative estimate of drug-likeness (QED) is 0.660. The molecule has 0 spiro atoms. The van der Waals surface area contributed by atoms with Gasteiger partial charge in [0.15, 0.2) is 5.58 Å². The van der Waals surface area contributed by atoms with E-state index in [1.165, 1.54) is 0 Å². The molecular formula is C14H15NO4. The van der Waals surface area contributed by atoms with Crippen LogP contribution in [0.25, 0.3) is 11.0 Å². The van der Waals surface area contributed by atoms with E-state index in [1.807, 2.05) is 0 Å². The van der Waals surface area contributed by atoms with Crippen molar-refractivity contribution in [3.8, 4) is 5.75 Å². The Morgan fingerprint density at radius 2 is 2.37 bits per heavy atom. The van der Waals surface area contributed by atoms with Crippen LogP contribution >= 0.6 is 0 Å². The second-order valence-corrected chi connectivity index (χ2v) is 4.04. The maximum atomic E-state index is 11.5. The molecule has 2 rings (SSSR count). The first-order chi connectivity index (χ1) is 9.17. The predicted octanol–water partition coefficient (Wildman–Crippen LogP) is 2.37. The minimum absolute atomic E-state index is 0.0223. The van der Waals surface area contributed by atoms with Crippen molar-refractivity contribution in [2.75, 3.05) is 6.61 Å². The summed E-state index contributed by atoms with van der Waals surface area (Å²) in [5, 5.41) is 14.4. The Bertz CT molecular complexity index is 615. The lowest BCUT2D eigenvalue weighted by Crippen LogP contribution is -2.08. The van der Waals surface area contributed by atoms with E-state index in [0.29, 0.717) is 35.3 Å². The van der Waals surface area contributed by atoms with E-state index in [2.05, 4.69) is 11.7 Å². The summed E-state index contributed by atoms with van der Waals surface area (Å²) in [7, 11) is 0. The zero-order valence-electron chi connectivity index (χ0n) is 10.7. The molecule has 5 nitrogen and oxygen atoms in total. The van der Waals surface area contributed by atoms with Crippen LogP contribution in [0.1, 0.15) is 18.2 Å². The number of phenolic OH excluding ortho intramolecular Hbond substituents is 1. The van der Waals surface area contributed by atoms with Gasteiger partial charge in [-0.1, -0.05) is 11.2 Å². The minimum Gasteiger partial charge on any atom is -0.508 e. The summed E-state index contributed by atoms with van der Waals surface area (Å²) in [5.41, 5.74) is 1.67. The van der Waals surface area contributed by atoms with Gasteiger partial charge in [0.2, 0.25) is 0 Å². The lowest BCUT2D eigenvalue weighted by Gasteiger charge is -2.04. The van der Waals surface area contributed by atoms with Crippen LogP contribution in [0.15, 0.2) is 29.3 Å². The van der Waals surface area contributed by atoms with E-state index in [4.69, 9.17) is 9.26 Å². The summed E-state index contributed by atoms with van der Waals surface area (Å²) < 4.78 is 10.1. The van der Waals surface area contributed by atoms with E-state index >= 15 is 0 Å². The average molecular weight is 261 g/mol. The van der Waals surface area contributed by atoms with Crippen LogP contribution < -0.4 is 0 Å². The number of nitrogens with zero attached hydrogens (tertiary/aromatic N) is 1. The summed E-state index contributed by atoms with van der Waals surface area (Å²) in [6, 6.07) is 3.17. The van der Waals surface area contributed by atoms with Gasteiger partial charge in [0.1, 0.15) is 11.4 Å². The lowest BCUT2D eigenvalue weighted by molar-refractivity contribution is -0.142. The van der Waals surface area contributed by atoms with E-state index < -0.39 is 0 Å². The largest absolute Gasteiger partial charge is 0.508 e. The lowest BCUT2D eigenvalue weighted by atomic mass is 10.0. The molecule has 0 aliphatic carbocycles. The molecule has 0 unspecified atom stereocenters. The van der Waals surface area contributed by atoms with Crippen molar-refractivity contribution >= 4 is 16.9 Å². The Balaban J connectivity index is 2.47. The van der Waals surface area contributed by atoms with Gasteiger partial charge >= 0.3 is 5.97 Å². The predicted molar refractivity (Wildman–Crippen MR) is 69.9 cm³/mol. The highest BCUT2D eigenvalue weighted by atomic mass is 16.5. The summed E-state index contributed by atoms with van der Waals surface area (Å²) in [4.78, 5) is 11.5. The maximum Gasteiger partial charge on any atom is 0.312 e. The highest BCUT2D eigenvalue weighted by Gasteiger charge is 2.18. The van der Waals surface area contributed by atoms with Crippen molar-refractivity contribution in [1.82, 2.24) is 5.16 Å². The van der Waals surface area contributed by atoms with E-state index in [-0.39, 0.29) is 18.1 Å². The van der Waals surface area contributed by atoms with E-state index in [1.54, 1.807) is 25.1 Å². The molecule has 0 aliphatic rings. The van der Waals surface area contributed by atoms with Gasteiger partial charge < -0.3 is 14.4 Å². The SMILES string of the molecule is C=CCc1c(O)ccc2onc(CC(=O)OCC)c12. The van der Waals surface area contributed by atoms with Gasteiger partial charge in [-0.2, -0.15) is 0 Å². The fraction of sp³-hybridized carbons (Fsp3) is 0.286. The van der Waals surface area contributed by atoms with Gasteiger partial charge in [-0.05, 0) is 25.5 Å². The third-order valence-electron chi connectivity index (χ3n) is 2.76. The third kappa shape index (κ3) is 2.59. The average Bonchev–Trinajstić information content (AvgIpc) is 2.77. The Morgan fingerprint density at radius 3 is 3.05 bits per heavy atom. The normalized spacial score (nSPS) is 10.6. The Morgan fingerprint density at radius 1 is 1.58 bits per heavy atom. The van der Waals surface area contributed by atoms with Crippen molar-refractivity contribution in [2.24, 2.45) is 0 Å². The molecule has 0 atom stereocenters. The number of benzene rings is 1. The van der Waals surface area contributed by atoms with Crippen LogP contribution in [0.2, 0.25) is 0 Å². The van der Waals surface area contributed by atoms with Crippen molar-refractivity contribution in [2.45, 2.75) is 19.8 Å². The van der Waals surface area contributed by atoms with Crippen molar-refractivity contribution in [1.29, 1.82) is 0 Å². The molecule has 0 amide bonds. The summed E-state index contributed by atoms with van der Waals surface area (Å²) in [6.07, 6.45) is 2.17. The van der Waals surface area contributed by atoms with Gasteiger partial charge in [0, 0.05) is 5.56 Å². The molecule has 1 heterocycles. The molecule has 100 valence electrons. The highest BCUT2D eigenvalue weighted by molar-refractivity contribution is 5.88. The molecule has 1 aromatic heterocycles. The second kappa shape index (κ2) is 5.56. The van der Waals surface area contributed by atoms with Crippen molar-refractivity contribution in [3.63, 3.8) is 0 Å². The number of aromatic hydroxyl groups is 1. The molecule has 2 aromatic rings. The standard InChI is InChI=1S/C14H15NO4/c1-3-5-9-11(16)6-7-12-14(9)10(15-19-12)8-13(17)18-4-2/h3,6-7,16H,1,4-5,8H2,2H3. The van der Waals surface area contributed by atoms with Crippen LogP contribution in [-0.2, 0) is 22.4 Å². The zero-order chi connectivity index (χ0) is 13.8. The number of hydrogen-bond acceptors (Lipinski definition) is 5. The van der Waals surface area contributed by atoms with Crippen LogP contribution in [0.5, 0.6) is 5.75 Å². The van der Waals surface area contributed by atoms with Gasteiger partial charge in [0.05, 0.1) is 18.4 Å². The van der Waals surface area contributed by atoms with Gasteiger partial charge in [-0.15, -0.1) is 6.58 Å². The topological polar surface area (TPSA) is 72.6 Å². The molecule has 0 fully saturated rings. The number of aromatic nitrogens is 1. The van der Waals surface area contributed by atoms with Gasteiger partial charge in [-0.3, -0.25) is 4.79 Å². The molecule has 1 N–H and O–H groups in total. The highest BCUT2D eigenvalue weighted by Crippen LogP contribution is 2.30. The van der Waals surface area contributed by atoms with Crippen molar-refractivity contribution in [3.05, 3.63) is 36.0 Å². The monoisotopic (exact) mass is 261 g/mol. The summed E-state index contributed by atoms with van der Waals surface area (Å²) in [6.45, 7) is 5.72.